The van der Waals surface area contributed by atoms with Crippen molar-refractivity contribution in [3.8, 4) is 5.75 Å². The molecule has 0 spiro atoms. The number of benzene rings is 2. The van der Waals surface area contributed by atoms with Crippen molar-refractivity contribution in [2.45, 2.75) is 0 Å². The minimum absolute atomic E-state index is 0.0946. The molecule has 29 heavy (non-hydrogen) atoms. The lowest BCUT2D eigenvalue weighted by atomic mass is 10.0. The molecule has 3 aromatic rings. The summed E-state index contributed by atoms with van der Waals surface area (Å²) in [6.45, 7) is 0.356. The highest BCUT2D eigenvalue weighted by Gasteiger charge is 2.14. The van der Waals surface area contributed by atoms with Crippen molar-refractivity contribution < 1.29 is 14.7 Å². The van der Waals surface area contributed by atoms with Crippen molar-refractivity contribution >= 4 is 28.4 Å². The monoisotopic (exact) mass is 388 g/mol. The van der Waals surface area contributed by atoms with Crippen LogP contribution in [0.1, 0.15) is 20.7 Å². The van der Waals surface area contributed by atoms with Gasteiger partial charge in [-0.1, -0.05) is 24.3 Å². The number of hydrogen-bond donors (Lipinski definition) is 4. The number of allylic oxidation sites excluding steroid dienone is 2. The van der Waals surface area contributed by atoms with Crippen LogP contribution in [0.5, 0.6) is 5.75 Å². The average molecular weight is 388 g/mol. The number of nitrogens with one attached hydrogen (secondary N) is 2. The van der Waals surface area contributed by atoms with Gasteiger partial charge in [-0.15, -0.1) is 0 Å². The number of pyridine rings is 1. The molecular formula is C22H20N4O3. The molecule has 0 unspecified atom stereocenters. The topological polar surface area (TPSA) is 117 Å². The molecule has 2 amide bonds. The van der Waals surface area contributed by atoms with E-state index in [1.807, 2.05) is 0 Å². The number of nitrogens with two attached hydrogens (primary N) is 1. The number of fused-ring (bicyclic) bond motifs is 1. The summed E-state index contributed by atoms with van der Waals surface area (Å²) < 4.78 is 0. The number of phenols is 1. The second kappa shape index (κ2) is 9.18. The van der Waals surface area contributed by atoms with E-state index in [-0.39, 0.29) is 17.2 Å². The largest absolute Gasteiger partial charge is 0.507 e. The van der Waals surface area contributed by atoms with E-state index in [0.717, 1.165) is 0 Å². The number of aromatic hydroxyl groups is 1. The molecule has 0 saturated heterocycles. The van der Waals surface area contributed by atoms with Crippen LogP contribution in [0.2, 0.25) is 0 Å². The number of nitrogens with zero attached hydrogens (tertiary/aromatic N) is 1. The standard InChI is InChI=1S/C22H20N4O3/c23-9-3-1-4-11-25-21(28)16-8-7-15-14-19(27)18(13-17(15)12-16)22(29)26-20-6-2-5-10-24-20/h1-10,12-14,27H,11,23H2,(H,25,28)(H,24,26,29)/b4-1-,9-3-. The highest BCUT2D eigenvalue weighted by atomic mass is 16.3. The summed E-state index contributed by atoms with van der Waals surface area (Å²) in [6, 6.07) is 13.2. The number of aromatic nitrogens is 1. The lowest BCUT2D eigenvalue weighted by Crippen LogP contribution is -2.23. The van der Waals surface area contributed by atoms with Gasteiger partial charge in [0.25, 0.3) is 11.8 Å². The van der Waals surface area contributed by atoms with Crippen LogP contribution in [-0.4, -0.2) is 28.4 Å². The van der Waals surface area contributed by atoms with Gasteiger partial charge in [0.2, 0.25) is 0 Å². The van der Waals surface area contributed by atoms with E-state index in [0.29, 0.717) is 28.7 Å². The predicted octanol–water partition coefficient (Wildman–Crippen LogP) is 2.95. The quantitative estimate of drug-likeness (QED) is 0.484. The number of carbonyl (C=O) groups excluding carboxylic acids is 2. The maximum absolute atomic E-state index is 12.5. The Labute approximate surface area is 167 Å². The summed E-state index contributed by atoms with van der Waals surface area (Å²) in [6.07, 6.45) is 8.11. The molecule has 0 atom stereocenters. The Kier molecular flexibility index (Phi) is 6.22. The van der Waals surface area contributed by atoms with Crippen LogP contribution in [0.15, 0.2) is 79.2 Å². The third-order valence-corrected chi connectivity index (χ3v) is 4.11. The smallest absolute Gasteiger partial charge is 0.260 e. The summed E-state index contributed by atoms with van der Waals surface area (Å²) in [5.74, 6) is -0.513. The van der Waals surface area contributed by atoms with Crippen molar-refractivity contribution in [1.82, 2.24) is 10.3 Å². The molecule has 3 rings (SSSR count). The second-order valence-electron chi connectivity index (χ2n) is 6.12. The number of rotatable bonds is 6. The summed E-state index contributed by atoms with van der Waals surface area (Å²) in [5.41, 5.74) is 5.77. The van der Waals surface area contributed by atoms with Crippen LogP contribution < -0.4 is 16.4 Å². The minimum atomic E-state index is -0.490. The van der Waals surface area contributed by atoms with E-state index in [2.05, 4.69) is 15.6 Å². The number of carbonyl (C=O) groups is 2. The Morgan fingerprint density at radius 2 is 1.90 bits per heavy atom. The highest BCUT2D eigenvalue weighted by molar-refractivity contribution is 6.09. The Bertz CT molecular complexity index is 1090. The van der Waals surface area contributed by atoms with Crippen molar-refractivity contribution in [3.63, 3.8) is 0 Å². The molecule has 2 aromatic carbocycles. The third kappa shape index (κ3) is 4.98. The van der Waals surface area contributed by atoms with E-state index in [9.17, 15) is 14.7 Å². The van der Waals surface area contributed by atoms with Crippen LogP contribution in [0.3, 0.4) is 0 Å². The fourth-order valence-corrected chi connectivity index (χ4v) is 2.69. The molecule has 1 heterocycles. The van der Waals surface area contributed by atoms with E-state index in [1.165, 1.54) is 12.3 Å². The lowest BCUT2D eigenvalue weighted by Gasteiger charge is -2.09. The first-order valence-corrected chi connectivity index (χ1v) is 8.89. The predicted molar refractivity (Wildman–Crippen MR) is 113 cm³/mol. The van der Waals surface area contributed by atoms with E-state index < -0.39 is 5.91 Å². The van der Waals surface area contributed by atoms with Gasteiger partial charge >= 0.3 is 0 Å². The molecule has 146 valence electrons. The molecule has 0 radical (unpaired) electrons. The van der Waals surface area contributed by atoms with Gasteiger partial charge < -0.3 is 21.5 Å². The SMILES string of the molecule is N/C=C\C=C/CNC(=O)c1ccc2cc(O)c(C(=O)Nc3ccccn3)cc2c1. The van der Waals surface area contributed by atoms with Crippen molar-refractivity contribution in [2.75, 3.05) is 11.9 Å². The Morgan fingerprint density at radius 1 is 1.03 bits per heavy atom. The van der Waals surface area contributed by atoms with E-state index in [1.54, 1.807) is 66.9 Å². The molecular weight excluding hydrogens is 368 g/mol. The summed E-state index contributed by atoms with van der Waals surface area (Å²) >= 11 is 0. The van der Waals surface area contributed by atoms with Gasteiger partial charge in [0.05, 0.1) is 5.56 Å². The first-order chi connectivity index (χ1) is 14.1. The third-order valence-electron chi connectivity index (χ3n) is 4.11. The molecule has 7 heteroatoms. The molecule has 1 aromatic heterocycles. The normalized spacial score (nSPS) is 11.2. The van der Waals surface area contributed by atoms with E-state index >= 15 is 0 Å². The zero-order valence-corrected chi connectivity index (χ0v) is 15.5. The number of phenolic OH excluding ortho intramolecular Hbond substituents is 1. The lowest BCUT2D eigenvalue weighted by molar-refractivity contribution is 0.0957. The van der Waals surface area contributed by atoms with Gasteiger partial charge in [-0.25, -0.2) is 4.98 Å². The maximum atomic E-state index is 12.5. The van der Waals surface area contributed by atoms with Crippen LogP contribution in [0.4, 0.5) is 5.82 Å². The average Bonchev–Trinajstić information content (AvgIpc) is 2.73. The Morgan fingerprint density at radius 3 is 2.66 bits per heavy atom. The van der Waals surface area contributed by atoms with Gasteiger partial charge in [-0.05, 0) is 59.4 Å². The van der Waals surface area contributed by atoms with Gasteiger partial charge in [0.1, 0.15) is 11.6 Å². The summed E-state index contributed by atoms with van der Waals surface area (Å²) in [5, 5.41) is 17.0. The molecule has 7 nitrogen and oxygen atoms in total. The van der Waals surface area contributed by atoms with Crippen LogP contribution >= 0.6 is 0 Å². The fraction of sp³-hybridized carbons (Fsp3) is 0.0455. The van der Waals surface area contributed by atoms with Crippen LogP contribution in [-0.2, 0) is 0 Å². The van der Waals surface area contributed by atoms with Crippen LogP contribution in [0.25, 0.3) is 10.8 Å². The minimum Gasteiger partial charge on any atom is -0.507 e. The number of hydrogen-bond acceptors (Lipinski definition) is 5. The molecule has 0 fully saturated rings. The first-order valence-electron chi connectivity index (χ1n) is 8.89. The molecule has 0 bridgehead atoms. The number of anilines is 1. The summed E-state index contributed by atoms with van der Waals surface area (Å²) in [4.78, 5) is 28.9. The van der Waals surface area contributed by atoms with Crippen molar-refractivity contribution in [3.05, 3.63) is 90.3 Å². The molecule has 0 aliphatic carbocycles. The molecule has 5 N–H and O–H groups in total. The van der Waals surface area contributed by atoms with Crippen molar-refractivity contribution in [2.24, 2.45) is 5.73 Å². The van der Waals surface area contributed by atoms with Gasteiger partial charge in [0.15, 0.2) is 0 Å². The maximum Gasteiger partial charge on any atom is 0.260 e. The molecule has 0 aliphatic rings. The molecule has 0 aliphatic heterocycles. The highest BCUT2D eigenvalue weighted by Crippen LogP contribution is 2.26. The summed E-state index contributed by atoms with van der Waals surface area (Å²) in [7, 11) is 0. The van der Waals surface area contributed by atoms with Gasteiger partial charge in [0, 0.05) is 18.3 Å². The molecule has 0 saturated carbocycles. The fourth-order valence-electron chi connectivity index (χ4n) is 2.69. The van der Waals surface area contributed by atoms with Gasteiger partial charge in [-0.3, -0.25) is 9.59 Å². The number of amides is 2. The first kappa shape index (κ1) is 19.6. The van der Waals surface area contributed by atoms with Crippen LogP contribution in [0, 0.1) is 0 Å². The zero-order chi connectivity index (χ0) is 20.6. The van der Waals surface area contributed by atoms with Gasteiger partial charge in [-0.2, -0.15) is 0 Å². The Balaban J connectivity index is 1.81. The van der Waals surface area contributed by atoms with Crippen molar-refractivity contribution in [1.29, 1.82) is 0 Å². The Hall–Kier alpha value is -4.13. The zero-order valence-electron chi connectivity index (χ0n) is 15.5. The van der Waals surface area contributed by atoms with E-state index in [4.69, 9.17) is 5.73 Å². The second-order valence-corrected chi connectivity index (χ2v) is 6.12.